The third-order valence-electron chi connectivity index (χ3n) is 2.99. The monoisotopic (exact) mass is 372 g/mol. The number of nitrogens with one attached hydrogen (secondary N) is 1. The van der Waals surface area contributed by atoms with Gasteiger partial charge in [0.15, 0.2) is 0 Å². The first-order valence-electron chi connectivity index (χ1n) is 6.11. The molecule has 112 valence electrons. The fourth-order valence-electron chi connectivity index (χ4n) is 1.78. The van der Waals surface area contributed by atoms with E-state index in [1.165, 1.54) is 12.1 Å². The van der Waals surface area contributed by atoms with E-state index in [1.807, 2.05) is 6.07 Å². The zero-order valence-corrected chi connectivity index (χ0v) is 13.6. The van der Waals surface area contributed by atoms with E-state index in [-0.39, 0.29) is 17.0 Å². The summed E-state index contributed by atoms with van der Waals surface area (Å²) in [7, 11) is -3.79. The first kappa shape index (κ1) is 15.9. The van der Waals surface area contributed by atoms with E-state index >= 15 is 0 Å². The maximum absolute atomic E-state index is 13.4. The maximum atomic E-state index is 13.4. The highest BCUT2D eigenvalue weighted by Gasteiger charge is 2.17. The zero-order valence-electron chi connectivity index (χ0n) is 11.2. The molecule has 0 bridgehead atoms. The van der Waals surface area contributed by atoms with Gasteiger partial charge in [0.25, 0.3) is 10.0 Å². The van der Waals surface area contributed by atoms with Crippen LogP contribution in [0.2, 0.25) is 0 Å². The molecule has 2 aromatic rings. The van der Waals surface area contributed by atoms with E-state index in [1.54, 1.807) is 19.1 Å². The molecule has 3 N–H and O–H groups in total. The lowest BCUT2D eigenvalue weighted by molar-refractivity contribution is 0.596. The Morgan fingerprint density at radius 3 is 2.62 bits per heavy atom. The normalized spacial score (nSPS) is 11.4. The van der Waals surface area contributed by atoms with Crippen LogP contribution < -0.4 is 10.5 Å². The summed E-state index contributed by atoms with van der Waals surface area (Å²) in [5.74, 6) is -0.518. The number of halogens is 2. The number of sulfonamides is 1. The van der Waals surface area contributed by atoms with Crippen molar-refractivity contribution in [2.75, 3.05) is 4.72 Å². The molecule has 0 fully saturated rings. The first-order chi connectivity index (χ1) is 9.83. The third kappa shape index (κ3) is 3.61. The molecular formula is C14H14BrFN2O2S. The van der Waals surface area contributed by atoms with Gasteiger partial charge in [0.2, 0.25) is 0 Å². The molecule has 0 aliphatic heterocycles. The van der Waals surface area contributed by atoms with Gasteiger partial charge >= 0.3 is 0 Å². The number of rotatable bonds is 4. The molecule has 4 nitrogen and oxygen atoms in total. The molecule has 0 saturated carbocycles. The molecule has 0 amide bonds. The van der Waals surface area contributed by atoms with Crippen LogP contribution in [0.25, 0.3) is 0 Å². The highest BCUT2D eigenvalue weighted by atomic mass is 79.9. The molecule has 0 saturated heterocycles. The van der Waals surface area contributed by atoms with Crippen LogP contribution in [-0.2, 0) is 16.6 Å². The van der Waals surface area contributed by atoms with Gasteiger partial charge in [-0.05, 0) is 42.8 Å². The van der Waals surface area contributed by atoms with Crippen LogP contribution in [0.15, 0.2) is 45.8 Å². The summed E-state index contributed by atoms with van der Waals surface area (Å²) in [5.41, 5.74) is 6.80. The van der Waals surface area contributed by atoms with Crippen molar-refractivity contribution in [3.63, 3.8) is 0 Å². The average Bonchev–Trinajstić information content (AvgIpc) is 2.43. The van der Waals surface area contributed by atoms with E-state index in [2.05, 4.69) is 20.7 Å². The van der Waals surface area contributed by atoms with E-state index in [4.69, 9.17) is 5.73 Å². The lowest BCUT2D eigenvalue weighted by atomic mass is 10.2. The molecule has 7 heteroatoms. The minimum Gasteiger partial charge on any atom is -0.326 e. The molecule has 0 atom stereocenters. The molecule has 0 radical (unpaired) electrons. The van der Waals surface area contributed by atoms with Crippen LogP contribution in [-0.4, -0.2) is 8.42 Å². The van der Waals surface area contributed by atoms with Crippen molar-refractivity contribution < 1.29 is 12.8 Å². The van der Waals surface area contributed by atoms with Gasteiger partial charge in [-0.2, -0.15) is 0 Å². The van der Waals surface area contributed by atoms with Crippen LogP contribution in [0.3, 0.4) is 0 Å². The van der Waals surface area contributed by atoms with Crippen molar-refractivity contribution in [2.24, 2.45) is 5.73 Å². The average molecular weight is 373 g/mol. The number of benzene rings is 2. The van der Waals surface area contributed by atoms with Crippen molar-refractivity contribution in [3.05, 3.63) is 57.8 Å². The lowest BCUT2D eigenvalue weighted by Gasteiger charge is -2.12. The van der Waals surface area contributed by atoms with Gasteiger partial charge in [-0.15, -0.1) is 0 Å². The minimum atomic E-state index is -3.79. The van der Waals surface area contributed by atoms with E-state index < -0.39 is 15.8 Å². The van der Waals surface area contributed by atoms with Crippen molar-refractivity contribution >= 4 is 31.6 Å². The van der Waals surface area contributed by atoms with Gasteiger partial charge in [0.05, 0.1) is 10.6 Å². The Labute approximate surface area is 131 Å². The van der Waals surface area contributed by atoms with Crippen molar-refractivity contribution in [1.82, 2.24) is 0 Å². The lowest BCUT2D eigenvalue weighted by Crippen LogP contribution is -2.15. The van der Waals surface area contributed by atoms with Crippen molar-refractivity contribution in [2.45, 2.75) is 18.4 Å². The van der Waals surface area contributed by atoms with Crippen LogP contribution >= 0.6 is 15.9 Å². The number of nitrogens with two attached hydrogens (primary N) is 1. The molecule has 0 aliphatic rings. The Morgan fingerprint density at radius 1 is 1.24 bits per heavy atom. The summed E-state index contributed by atoms with van der Waals surface area (Å²) in [6, 6.07) is 8.83. The van der Waals surface area contributed by atoms with Crippen LogP contribution in [0.5, 0.6) is 0 Å². The first-order valence-corrected chi connectivity index (χ1v) is 8.38. The van der Waals surface area contributed by atoms with Crippen molar-refractivity contribution in [1.29, 1.82) is 0 Å². The molecular weight excluding hydrogens is 359 g/mol. The molecule has 2 aromatic carbocycles. The predicted octanol–water partition coefficient (Wildman–Crippen LogP) is 3.16. The molecule has 0 spiro atoms. The summed E-state index contributed by atoms with van der Waals surface area (Å²) < 4.78 is 41.4. The van der Waals surface area contributed by atoms with E-state index in [0.29, 0.717) is 5.69 Å². The number of hydrogen-bond acceptors (Lipinski definition) is 3. The smallest absolute Gasteiger partial charge is 0.261 e. The second-order valence-corrected chi connectivity index (χ2v) is 7.12. The molecule has 0 aliphatic carbocycles. The summed E-state index contributed by atoms with van der Waals surface area (Å²) in [5, 5.41) is 0. The summed E-state index contributed by atoms with van der Waals surface area (Å²) >= 11 is 3.29. The fraction of sp³-hybridized carbons (Fsp3) is 0.143. The second kappa shape index (κ2) is 6.13. The molecule has 21 heavy (non-hydrogen) atoms. The van der Waals surface area contributed by atoms with Crippen molar-refractivity contribution in [3.8, 4) is 0 Å². The fourth-order valence-corrected chi connectivity index (χ4v) is 3.32. The molecule has 0 unspecified atom stereocenters. The van der Waals surface area contributed by atoms with E-state index in [9.17, 15) is 12.8 Å². The topological polar surface area (TPSA) is 72.2 Å². The molecule has 0 heterocycles. The Kier molecular flexibility index (Phi) is 4.65. The van der Waals surface area contributed by atoms with Gasteiger partial charge in [-0.3, -0.25) is 4.72 Å². The van der Waals surface area contributed by atoms with Crippen LogP contribution in [0.4, 0.5) is 10.1 Å². The van der Waals surface area contributed by atoms with Crippen LogP contribution in [0.1, 0.15) is 11.1 Å². The van der Waals surface area contributed by atoms with Crippen LogP contribution in [0, 0.1) is 12.7 Å². The number of hydrogen-bond donors (Lipinski definition) is 2. The predicted molar refractivity (Wildman–Crippen MR) is 84.0 cm³/mol. The third-order valence-corrected chi connectivity index (χ3v) is 4.85. The minimum absolute atomic E-state index is 0.0243. The number of anilines is 1. The quantitative estimate of drug-likeness (QED) is 0.865. The Bertz CT molecular complexity index is 779. The number of aryl methyl sites for hydroxylation is 1. The van der Waals surface area contributed by atoms with Gasteiger partial charge in [-0.25, -0.2) is 12.8 Å². The largest absolute Gasteiger partial charge is 0.326 e. The Balaban J connectivity index is 2.41. The Morgan fingerprint density at radius 2 is 1.95 bits per heavy atom. The van der Waals surface area contributed by atoms with E-state index in [0.717, 1.165) is 16.1 Å². The summed E-state index contributed by atoms with van der Waals surface area (Å²) in [4.78, 5) is -0.0243. The van der Waals surface area contributed by atoms with Gasteiger partial charge < -0.3 is 5.73 Å². The Hall–Kier alpha value is -1.44. The maximum Gasteiger partial charge on any atom is 0.261 e. The SMILES string of the molecule is Cc1ccc(Br)cc1NS(=O)(=O)c1ccc(F)c(CN)c1. The zero-order chi connectivity index (χ0) is 15.6. The second-order valence-electron chi connectivity index (χ2n) is 4.52. The molecule has 2 rings (SSSR count). The van der Waals surface area contributed by atoms with Gasteiger partial charge in [0.1, 0.15) is 5.82 Å². The van der Waals surface area contributed by atoms with Gasteiger partial charge in [0, 0.05) is 16.6 Å². The highest BCUT2D eigenvalue weighted by Crippen LogP contribution is 2.24. The highest BCUT2D eigenvalue weighted by molar-refractivity contribution is 9.10. The summed E-state index contributed by atoms with van der Waals surface area (Å²) in [6.45, 7) is 1.73. The standard InChI is InChI=1S/C14H14BrFN2O2S/c1-9-2-3-11(15)7-14(9)18-21(19,20)12-4-5-13(16)10(6-12)8-17/h2-7,18H,8,17H2,1H3. The summed E-state index contributed by atoms with van der Waals surface area (Å²) in [6.07, 6.45) is 0. The molecule has 0 aromatic heterocycles. The van der Waals surface area contributed by atoms with Gasteiger partial charge in [-0.1, -0.05) is 22.0 Å².